The van der Waals surface area contributed by atoms with E-state index in [2.05, 4.69) is 121 Å². The number of aromatic nitrogens is 3. The maximum absolute atomic E-state index is 6.24. The molecule has 0 N–H and O–H groups in total. The monoisotopic (exact) mass is 763 g/mol. The van der Waals surface area contributed by atoms with E-state index in [0.29, 0.717) is 17.5 Å². The molecule has 0 aliphatic rings. The third-order valence-electron chi connectivity index (χ3n) is 11.0. The average Bonchev–Trinajstić information content (AvgIpc) is 3.96. The maximum Gasteiger partial charge on any atom is 0.164 e. The average molecular weight is 764 g/mol. The van der Waals surface area contributed by atoms with Crippen molar-refractivity contribution in [2.45, 2.75) is 0 Å². The van der Waals surface area contributed by atoms with Gasteiger partial charge >= 0.3 is 0 Å². The molecule has 0 amide bonds. The molecule has 8 aromatic carbocycles. The zero-order chi connectivity index (χ0) is 37.5. The summed E-state index contributed by atoms with van der Waals surface area (Å²) in [5, 5.41) is 7.26. The lowest BCUT2D eigenvalue weighted by Crippen LogP contribution is -2.00. The highest BCUT2D eigenvalue weighted by Gasteiger charge is 2.17. The minimum atomic E-state index is 0.604. The van der Waals surface area contributed by atoms with Crippen molar-refractivity contribution in [1.82, 2.24) is 15.0 Å². The summed E-state index contributed by atoms with van der Waals surface area (Å²) in [4.78, 5) is 15.1. The molecular weight excluding hydrogens is 735 g/mol. The summed E-state index contributed by atoms with van der Waals surface area (Å²) < 4.78 is 11.3. The molecular formula is C51H29N3OS2. The molecule has 4 aromatic heterocycles. The fourth-order valence-corrected chi connectivity index (χ4v) is 10.4. The van der Waals surface area contributed by atoms with Gasteiger partial charge in [0.2, 0.25) is 0 Å². The third kappa shape index (κ3) is 5.37. The molecule has 266 valence electrons. The van der Waals surface area contributed by atoms with E-state index in [1.807, 2.05) is 65.9 Å². The van der Waals surface area contributed by atoms with Gasteiger partial charge in [0.25, 0.3) is 0 Å². The quantitative estimate of drug-likeness (QED) is 0.175. The van der Waals surface area contributed by atoms with Crippen LogP contribution in [0.2, 0.25) is 0 Å². The van der Waals surface area contributed by atoms with Gasteiger partial charge in [0.1, 0.15) is 11.2 Å². The Morgan fingerprint density at radius 3 is 1.51 bits per heavy atom. The molecule has 4 nitrogen and oxygen atoms in total. The standard InChI is InChI=1S/C51H29N3OS2/c1-2-10-30(11-3-1)49-52-50(33-18-22-38-37-14-6-8-16-43(37)55-44(38)28-33)54-51(53-49)34-19-23-40-42-27-32(21-25-47(42)57-48(40)29-34)36-13-5-4-12-35(36)31-20-24-46-41(26-31)39-15-7-9-17-45(39)56-46/h1-29H. The van der Waals surface area contributed by atoms with E-state index in [-0.39, 0.29) is 0 Å². The van der Waals surface area contributed by atoms with Gasteiger partial charge < -0.3 is 4.42 Å². The van der Waals surface area contributed by atoms with Crippen LogP contribution < -0.4 is 0 Å². The van der Waals surface area contributed by atoms with Crippen LogP contribution in [0, 0.1) is 0 Å². The molecule has 12 rings (SSSR count). The van der Waals surface area contributed by atoms with Gasteiger partial charge in [-0.05, 0) is 76.9 Å². The van der Waals surface area contributed by atoms with Gasteiger partial charge in [0, 0.05) is 67.8 Å². The van der Waals surface area contributed by atoms with Gasteiger partial charge in [-0.15, -0.1) is 22.7 Å². The fraction of sp³-hybridized carbons (Fsp3) is 0. The Bertz CT molecular complexity index is 3540. The molecule has 0 aliphatic heterocycles. The van der Waals surface area contributed by atoms with Gasteiger partial charge in [-0.1, -0.05) is 121 Å². The number of rotatable bonds is 5. The number of hydrogen-bond acceptors (Lipinski definition) is 6. The lowest BCUT2D eigenvalue weighted by atomic mass is 9.93. The summed E-state index contributed by atoms with van der Waals surface area (Å²) in [6.45, 7) is 0. The van der Waals surface area contributed by atoms with Gasteiger partial charge in [-0.3, -0.25) is 0 Å². The molecule has 0 saturated carbocycles. The minimum absolute atomic E-state index is 0.604. The predicted octanol–water partition coefficient (Wildman–Crippen LogP) is 14.8. The van der Waals surface area contributed by atoms with E-state index in [0.717, 1.165) is 38.6 Å². The van der Waals surface area contributed by atoms with E-state index in [1.165, 1.54) is 62.6 Å². The van der Waals surface area contributed by atoms with E-state index >= 15 is 0 Å². The number of fused-ring (bicyclic) bond motifs is 9. The summed E-state index contributed by atoms with van der Waals surface area (Å²) in [6, 6.07) is 62.3. The lowest BCUT2D eigenvalue weighted by Gasteiger charge is -2.11. The Kier molecular flexibility index (Phi) is 7.24. The summed E-state index contributed by atoms with van der Waals surface area (Å²) >= 11 is 3.66. The highest BCUT2D eigenvalue weighted by atomic mass is 32.1. The molecule has 0 radical (unpaired) electrons. The number of para-hydroxylation sites is 1. The van der Waals surface area contributed by atoms with Crippen LogP contribution in [0.25, 0.3) is 119 Å². The molecule has 0 fully saturated rings. The summed E-state index contributed by atoms with van der Waals surface area (Å²) in [7, 11) is 0. The zero-order valence-electron chi connectivity index (χ0n) is 30.3. The zero-order valence-corrected chi connectivity index (χ0v) is 31.9. The number of benzene rings is 8. The molecule has 0 aliphatic carbocycles. The summed E-state index contributed by atoms with van der Waals surface area (Å²) in [5.41, 5.74) is 9.32. The van der Waals surface area contributed by atoms with Crippen LogP contribution in [0.15, 0.2) is 180 Å². The van der Waals surface area contributed by atoms with Crippen LogP contribution >= 0.6 is 22.7 Å². The van der Waals surface area contributed by atoms with Gasteiger partial charge in [0.05, 0.1) is 0 Å². The van der Waals surface area contributed by atoms with Gasteiger partial charge in [-0.2, -0.15) is 0 Å². The van der Waals surface area contributed by atoms with Crippen molar-refractivity contribution < 1.29 is 4.42 Å². The summed E-state index contributed by atoms with van der Waals surface area (Å²) in [6.07, 6.45) is 0. The summed E-state index contributed by atoms with van der Waals surface area (Å²) in [5.74, 6) is 1.87. The number of hydrogen-bond donors (Lipinski definition) is 0. The van der Waals surface area contributed by atoms with Gasteiger partial charge in [-0.25, -0.2) is 15.0 Å². The maximum atomic E-state index is 6.24. The smallest absolute Gasteiger partial charge is 0.164 e. The largest absolute Gasteiger partial charge is 0.456 e. The Balaban J connectivity index is 0.955. The minimum Gasteiger partial charge on any atom is -0.456 e. The second-order valence-electron chi connectivity index (χ2n) is 14.4. The Morgan fingerprint density at radius 2 is 0.789 bits per heavy atom. The third-order valence-corrected chi connectivity index (χ3v) is 13.2. The lowest BCUT2D eigenvalue weighted by molar-refractivity contribution is 0.669. The van der Waals surface area contributed by atoms with E-state index in [1.54, 1.807) is 11.3 Å². The van der Waals surface area contributed by atoms with Crippen LogP contribution in [0.5, 0.6) is 0 Å². The van der Waals surface area contributed by atoms with E-state index < -0.39 is 0 Å². The first-order valence-corrected chi connectivity index (χ1v) is 20.5. The molecule has 6 heteroatoms. The molecule has 0 spiro atoms. The van der Waals surface area contributed by atoms with Crippen LogP contribution in [0.3, 0.4) is 0 Å². The number of thiophene rings is 2. The van der Waals surface area contributed by atoms with Crippen molar-refractivity contribution in [3.63, 3.8) is 0 Å². The van der Waals surface area contributed by atoms with Crippen LogP contribution in [0.4, 0.5) is 0 Å². The second kappa shape index (κ2) is 12.8. The van der Waals surface area contributed by atoms with Crippen molar-refractivity contribution in [1.29, 1.82) is 0 Å². The van der Waals surface area contributed by atoms with Crippen LogP contribution in [-0.2, 0) is 0 Å². The number of furan rings is 1. The molecule has 0 unspecified atom stereocenters. The molecule has 0 saturated heterocycles. The number of nitrogens with zero attached hydrogens (tertiary/aromatic N) is 3. The first kappa shape index (κ1) is 32.3. The Hall–Kier alpha value is -6.99. The SMILES string of the molecule is c1ccc(-c2nc(-c3ccc4c(c3)oc3ccccc34)nc(-c3ccc4c(c3)sc3ccc(-c5ccccc5-c5ccc6sc7ccccc7c6c5)cc34)n2)cc1. The van der Waals surface area contributed by atoms with Crippen molar-refractivity contribution in [2.24, 2.45) is 0 Å². The van der Waals surface area contributed by atoms with Crippen molar-refractivity contribution >= 4 is 85.0 Å². The van der Waals surface area contributed by atoms with Crippen molar-refractivity contribution in [2.75, 3.05) is 0 Å². The highest BCUT2D eigenvalue weighted by Crippen LogP contribution is 2.42. The Labute approximate surface area is 335 Å². The highest BCUT2D eigenvalue weighted by molar-refractivity contribution is 7.26. The van der Waals surface area contributed by atoms with Crippen LogP contribution in [0.1, 0.15) is 0 Å². The predicted molar refractivity (Wildman–Crippen MR) is 240 cm³/mol. The van der Waals surface area contributed by atoms with E-state index in [4.69, 9.17) is 19.4 Å². The van der Waals surface area contributed by atoms with E-state index in [9.17, 15) is 0 Å². The molecule has 0 atom stereocenters. The fourth-order valence-electron chi connectivity index (χ4n) is 8.18. The molecule has 4 heterocycles. The first-order valence-electron chi connectivity index (χ1n) is 18.9. The molecule has 0 bridgehead atoms. The van der Waals surface area contributed by atoms with Crippen molar-refractivity contribution in [3.8, 4) is 56.4 Å². The normalized spacial score (nSPS) is 11.9. The second-order valence-corrected chi connectivity index (χ2v) is 16.5. The topological polar surface area (TPSA) is 51.8 Å². The van der Waals surface area contributed by atoms with Crippen LogP contribution in [-0.4, -0.2) is 15.0 Å². The molecule has 12 aromatic rings. The van der Waals surface area contributed by atoms with Crippen molar-refractivity contribution in [3.05, 3.63) is 176 Å². The molecule has 57 heavy (non-hydrogen) atoms. The van der Waals surface area contributed by atoms with Gasteiger partial charge in [0.15, 0.2) is 17.5 Å². The Morgan fingerprint density at radius 1 is 0.298 bits per heavy atom. The first-order chi connectivity index (χ1) is 28.2.